The van der Waals surface area contributed by atoms with Crippen molar-refractivity contribution in [3.8, 4) is 11.1 Å². The van der Waals surface area contributed by atoms with E-state index in [2.05, 4.69) is 232 Å². The molecule has 0 aromatic heterocycles. The van der Waals surface area contributed by atoms with Crippen molar-refractivity contribution in [2.24, 2.45) is 0 Å². The SMILES string of the molecule is Cc1cc(N(c2ccccc2C)c2cc3ccccc3c3ccccc23)ccc1-c1ccc(N(c2ccccc2C)c2cc3ccccc3c3ccccc23)cc1C. The molecule has 0 saturated heterocycles. The van der Waals surface area contributed by atoms with Gasteiger partial charge in [-0.2, -0.15) is 0 Å². The topological polar surface area (TPSA) is 6.48 Å². The molecule has 0 aliphatic rings. The van der Waals surface area contributed by atoms with Gasteiger partial charge in [-0.15, -0.1) is 0 Å². The van der Waals surface area contributed by atoms with Crippen LogP contribution in [-0.4, -0.2) is 0 Å². The van der Waals surface area contributed by atoms with Crippen molar-refractivity contribution in [2.45, 2.75) is 27.7 Å². The summed E-state index contributed by atoms with van der Waals surface area (Å²) in [5.41, 5.74) is 14.4. The van der Waals surface area contributed by atoms with E-state index in [0.717, 1.165) is 11.4 Å². The molecule has 0 atom stereocenters. The molecule has 0 saturated carbocycles. The number of anilines is 6. The Morgan fingerprint density at radius 3 is 1.00 bits per heavy atom. The highest BCUT2D eigenvalue weighted by Crippen LogP contribution is 2.46. The molecule has 58 heavy (non-hydrogen) atoms. The summed E-state index contributed by atoms with van der Waals surface area (Å²) in [6, 6.07) is 71.2. The van der Waals surface area contributed by atoms with Gasteiger partial charge in [0, 0.05) is 33.5 Å². The molecule has 0 N–H and O–H groups in total. The third-order valence-corrected chi connectivity index (χ3v) is 11.9. The number of aryl methyl sites for hydroxylation is 4. The Morgan fingerprint density at radius 2 is 0.603 bits per heavy atom. The molecule has 0 radical (unpaired) electrons. The van der Waals surface area contributed by atoms with Crippen LogP contribution in [0.1, 0.15) is 22.3 Å². The van der Waals surface area contributed by atoms with Crippen molar-refractivity contribution >= 4 is 77.2 Å². The molecular formula is C56H44N2. The van der Waals surface area contributed by atoms with E-state index in [4.69, 9.17) is 0 Å². The molecule has 10 aromatic rings. The van der Waals surface area contributed by atoms with Gasteiger partial charge in [0.25, 0.3) is 0 Å². The van der Waals surface area contributed by atoms with Gasteiger partial charge in [-0.05, 0) is 142 Å². The van der Waals surface area contributed by atoms with Crippen LogP contribution in [0.15, 0.2) is 194 Å². The van der Waals surface area contributed by atoms with Crippen LogP contribution in [0.2, 0.25) is 0 Å². The predicted octanol–water partition coefficient (Wildman–Crippen LogP) is 16.1. The zero-order valence-corrected chi connectivity index (χ0v) is 33.4. The fraction of sp³-hybridized carbons (Fsp3) is 0.0714. The Kier molecular flexibility index (Phi) is 8.76. The van der Waals surface area contributed by atoms with Crippen molar-refractivity contribution in [1.29, 1.82) is 0 Å². The Balaban J connectivity index is 1.11. The molecule has 278 valence electrons. The monoisotopic (exact) mass is 744 g/mol. The zero-order valence-electron chi connectivity index (χ0n) is 33.4. The average molecular weight is 745 g/mol. The summed E-state index contributed by atoms with van der Waals surface area (Å²) < 4.78 is 0. The summed E-state index contributed by atoms with van der Waals surface area (Å²) in [5, 5.41) is 9.98. The maximum Gasteiger partial charge on any atom is 0.0546 e. The van der Waals surface area contributed by atoms with Gasteiger partial charge in [0.2, 0.25) is 0 Å². The van der Waals surface area contributed by atoms with Gasteiger partial charge >= 0.3 is 0 Å². The Hall–Kier alpha value is -7.16. The maximum absolute atomic E-state index is 2.45. The molecule has 10 aromatic carbocycles. The lowest BCUT2D eigenvalue weighted by atomic mass is 9.94. The van der Waals surface area contributed by atoms with E-state index in [9.17, 15) is 0 Å². The first-order chi connectivity index (χ1) is 28.4. The molecule has 0 amide bonds. The molecule has 0 aliphatic heterocycles. The lowest BCUT2D eigenvalue weighted by Crippen LogP contribution is -2.13. The van der Waals surface area contributed by atoms with Crippen molar-refractivity contribution in [3.05, 3.63) is 216 Å². The summed E-state index contributed by atoms with van der Waals surface area (Å²) in [6.07, 6.45) is 0. The van der Waals surface area contributed by atoms with Gasteiger partial charge in [0.1, 0.15) is 0 Å². The number of nitrogens with zero attached hydrogens (tertiary/aromatic N) is 2. The number of benzene rings is 10. The van der Waals surface area contributed by atoms with Gasteiger partial charge in [-0.1, -0.05) is 146 Å². The van der Waals surface area contributed by atoms with Crippen LogP contribution in [0.25, 0.3) is 54.2 Å². The molecule has 0 fully saturated rings. The summed E-state index contributed by atoms with van der Waals surface area (Å²) in [5.74, 6) is 0. The number of hydrogen-bond acceptors (Lipinski definition) is 2. The van der Waals surface area contributed by atoms with E-state index in [1.54, 1.807) is 0 Å². The first kappa shape index (κ1) is 35.3. The van der Waals surface area contributed by atoms with Gasteiger partial charge < -0.3 is 9.80 Å². The van der Waals surface area contributed by atoms with Crippen molar-refractivity contribution in [1.82, 2.24) is 0 Å². The molecular weight excluding hydrogens is 701 g/mol. The summed E-state index contributed by atoms with van der Waals surface area (Å²) >= 11 is 0. The second kappa shape index (κ2) is 14.4. The molecule has 0 aliphatic carbocycles. The molecule has 0 spiro atoms. The maximum atomic E-state index is 2.45. The Bertz CT molecular complexity index is 2980. The quantitative estimate of drug-likeness (QED) is 0.150. The molecule has 0 heterocycles. The Morgan fingerprint density at radius 1 is 0.259 bits per heavy atom. The van der Waals surface area contributed by atoms with E-state index in [-0.39, 0.29) is 0 Å². The van der Waals surface area contributed by atoms with Crippen LogP contribution in [-0.2, 0) is 0 Å². The fourth-order valence-corrected chi connectivity index (χ4v) is 9.06. The molecule has 2 nitrogen and oxygen atoms in total. The summed E-state index contributed by atoms with van der Waals surface area (Å²) in [7, 11) is 0. The van der Waals surface area contributed by atoms with Crippen LogP contribution < -0.4 is 9.80 Å². The average Bonchev–Trinajstić information content (AvgIpc) is 3.25. The smallest absolute Gasteiger partial charge is 0.0546 e. The standard InChI is InChI=1S/C56H44N2/c1-37-17-5-15-27-53(37)57(55-35-41-19-7-9-21-47(41)49-23-11-13-25-51(49)55)43-29-31-45(39(3)33-43)46-32-30-44(34-40(46)4)58(54-28-16-6-18-38(54)2)56-36-42-20-8-10-22-48(42)50-24-12-14-26-52(50)56/h5-36H,1-4H3. The highest BCUT2D eigenvalue weighted by atomic mass is 15.2. The minimum Gasteiger partial charge on any atom is -0.310 e. The molecule has 0 bridgehead atoms. The van der Waals surface area contributed by atoms with Crippen LogP contribution in [0.4, 0.5) is 34.1 Å². The number of para-hydroxylation sites is 2. The third-order valence-electron chi connectivity index (χ3n) is 11.9. The van der Waals surface area contributed by atoms with E-state index in [1.165, 1.54) is 99.2 Å². The second-order valence-corrected chi connectivity index (χ2v) is 15.6. The second-order valence-electron chi connectivity index (χ2n) is 15.6. The highest BCUT2D eigenvalue weighted by Gasteiger charge is 2.22. The Labute approximate surface area is 340 Å². The summed E-state index contributed by atoms with van der Waals surface area (Å²) in [4.78, 5) is 4.90. The normalized spacial score (nSPS) is 11.4. The van der Waals surface area contributed by atoms with Gasteiger partial charge in [-0.25, -0.2) is 0 Å². The predicted molar refractivity (Wildman–Crippen MR) is 250 cm³/mol. The van der Waals surface area contributed by atoms with E-state index in [0.29, 0.717) is 0 Å². The van der Waals surface area contributed by atoms with Gasteiger partial charge in [0.15, 0.2) is 0 Å². The molecule has 0 unspecified atom stereocenters. The molecule has 2 heteroatoms. The van der Waals surface area contributed by atoms with Crippen molar-refractivity contribution in [3.63, 3.8) is 0 Å². The van der Waals surface area contributed by atoms with Crippen LogP contribution >= 0.6 is 0 Å². The lowest BCUT2D eigenvalue weighted by molar-refractivity contribution is 1.25. The van der Waals surface area contributed by atoms with Crippen LogP contribution in [0, 0.1) is 27.7 Å². The highest BCUT2D eigenvalue weighted by molar-refractivity contribution is 6.16. The first-order valence-corrected chi connectivity index (χ1v) is 20.2. The largest absolute Gasteiger partial charge is 0.310 e. The first-order valence-electron chi connectivity index (χ1n) is 20.2. The third kappa shape index (κ3) is 5.97. The summed E-state index contributed by atoms with van der Waals surface area (Å²) in [6.45, 7) is 8.92. The number of rotatable bonds is 7. The van der Waals surface area contributed by atoms with E-state index < -0.39 is 0 Å². The van der Waals surface area contributed by atoms with Crippen molar-refractivity contribution < 1.29 is 0 Å². The van der Waals surface area contributed by atoms with E-state index in [1.807, 2.05) is 0 Å². The number of hydrogen-bond donors (Lipinski definition) is 0. The van der Waals surface area contributed by atoms with Crippen LogP contribution in [0.3, 0.4) is 0 Å². The lowest BCUT2D eigenvalue weighted by Gasteiger charge is -2.30. The van der Waals surface area contributed by atoms with Gasteiger partial charge in [0.05, 0.1) is 11.4 Å². The van der Waals surface area contributed by atoms with E-state index >= 15 is 0 Å². The van der Waals surface area contributed by atoms with Crippen molar-refractivity contribution in [2.75, 3.05) is 9.80 Å². The zero-order chi connectivity index (χ0) is 39.3. The minimum absolute atomic E-state index is 1.14. The molecule has 10 rings (SSSR count). The van der Waals surface area contributed by atoms with Crippen LogP contribution in [0.5, 0.6) is 0 Å². The van der Waals surface area contributed by atoms with Gasteiger partial charge in [-0.3, -0.25) is 0 Å². The fourth-order valence-electron chi connectivity index (χ4n) is 9.06. The number of fused-ring (bicyclic) bond motifs is 6. The minimum atomic E-state index is 1.14.